The monoisotopic (exact) mass is 524 g/mol. The normalized spacial score (nSPS) is 16.7. The van der Waals surface area contributed by atoms with E-state index in [4.69, 9.17) is 9.47 Å². The van der Waals surface area contributed by atoms with Gasteiger partial charge in [-0.2, -0.15) is 0 Å². The molecule has 1 aliphatic heterocycles. The molecule has 2 aromatic rings. The Hall–Kier alpha value is -2.20. The van der Waals surface area contributed by atoms with Crippen LogP contribution >= 0.6 is 34.4 Å². The van der Waals surface area contributed by atoms with Crippen LogP contribution in [0, 0.1) is 3.57 Å². The summed E-state index contributed by atoms with van der Waals surface area (Å²) in [5.74, 6) is 1.17. The Kier molecular flexibility index (Phi) is 7.07. The predicted octanol–water partition coefficient (Wildman–Crippen LogP) is 5.03. The van der Waals surface area contributed by atoms with Gasteiger partial charge in [0, 0.05) is 6.54 Å². The van der Waals surface area contributed by atoms with Crippen LogP contribution in [0.1, 0.15) is 19.4 Å². The van der Waals surface area contributed by atoms with Crippen LogP contribution in [0.2, 0.25) is 0 Å². The summed E-state index contributed by atoms with van der Waals surface area (Å²) in [5, 5.41) is 10.8. The zero-order chi connectivity index (χ0) is 21.0. The molecule has 1 amide bonds. The molecule has 0 spiro atoms. The molecule has 1 saturated heterocycles. The average Bonchev–Trinajstić information content (AvgIpc) is 3.00. The number of aliphatic imine (C=N–C) groups is 1. The molecule has 29 heavy (non-hydrogen) atoms. The van der Waals surface area contributed by atoms with Crippen molar-refractivity contribution in [2.75, 3.05) is 20.3 Å². The number of likely N-dealkylation sites (N-methyl/N-ethyl adjacent to an activating group) is 1. The lowest BCUT2D eigenvalue weighted by atomic mass is 10.2. The van der Waals surface area contributed by atoms with E-state index in [1.165, 1.54) is 11.8 Å². The fourth-order valence-corrected chi connectivity index (χ4v) is 4.42. The minimum absolute atomic E-state index is 0.0918. The molecule has 8 heteroatoms. The van der Waals surface area contributed by atoms with Crippen molar-refractivity contribution in [2.45, 2.75) is 13.8 Å². The van der Waals surface area contributed by atoms with Gasteiger partial charge in [-0.15, -0.1) is 0 Å². The minimum Gasteiger partial charge on any atom is -0.504 e. The molecule has 1 heterocycles. The number of halogens is 1. The smallest absolute Gasteiger partial charge is 0.266 e. The number of ether oxygens (including phenoxy) is 2. The second-order valence-electron chi connectivity index (χ2n) is 6.03. The first kappa shape index (κ1) is 21.5. The molecule has 152 valence electrons. The van der Waals surface area contributed by atoms with Crippen LogP contribution in [-0.4, -0.2) is 41.3 Å². The van der Waals surface area contributed by atoms with Crippen molar-refractivity contribution in [1.29, 1.82) is 0 Å². The number of carbonyl (C=O) groups excluding carboxylic acids is 1. The topological polar surface area (TPSA) is 71.4 Å². The number of carbonyl (C=O) groups is 1. The fourth-order valence-electron chi connectivity index (χ4n) is 2.73. The fraction of sp³-hybridized carbons (Fsp3) is 0.238. The quantitative estimate of drug-likeness (QED) is 0.424. The zero-order valence-electron chi connectivity index (χ0n) is 16.3. The summed E-state index contributed by atoms with van der Waals surface area (Å²) in [6.07, 6.45) is 1.80. The summed E-state index contributed by atoms with van der Waals surface area (Å²) >= 11 is 3.38. The van der Waals surface area contributed by atoms with Gasteiger partial charge >= 0.3 is 0 Å². The van der Waals surface area contributed by atoms with E-state index in [9.17, 15) is 9.90 Å². The highest BCUT2D eigenvalue weighted by atomic mass is 127. The molecule has 1 aliphatic rings. The van der Waals surface area contributed by atoms with Crippen molar-refractivity contribution in [3.8, 4) is 17.2 Å². The lowest BCUT2D eigenvalue weighted by Crippen LogP contribution is -2.28. The van der Waals surface area contributed by atoms with E-state index < -0.39 is 0 Å². The molecule has 0 aliphatic carbocycles. The number of hydrogen-bond donors (Lipinski definition) is 1. The highest BCUT2D eigenvalue weighted by molar-refractivity contribution is 14.1. The van der Waals surface area contributed by atoms with Crippen molar-refractivity contribution in [2.24, 2.45) is 4.99 Å². The second kappa shape index (κ2) is 9.53. The first-order valence-electron chi connectivity index (χ1n) is 9.06. The van der Waals surface area contributed by atoms with E-state index in [1.54, 1.807) is 24.2 Å². The molecule has 3 rings (SSSR count). The maximum absolute atomic E-state index is 12.9. The Morgan fingerprint density at radius 3 is 2.59 bits per heavy atom. The summed E-state index contributed by atoms with van der Waals surface area (Å²) in [7, 11) is 1.61. The van der Waals surface area contributed by atoms with Gasteiger partial charge in [0.15, 0.2) is 16.7 Å². The molecule has 0 unspecified atom stereocenters. The van der Waals surface area contributed by atoms with Gasteiger partial charge in [-0.25, -0.2) is 4.99 Å². The van der Waals surface area contributed by atoms with Crippen LogP contribution in [0.5, 0.6) is 17.2 Å². The van der Waals surface area contributed by atoms with Gasteiger partial charge in [0.05, 0.1) is 27.9 Å². The van der Waals surface area contributed by atoms with E-state index >= 15 is 0 Å². The molecule has 0 radical (unpaired) electrons. The van der Waals surface area contributed by atoms with Gasteiger partial charge in [-0.1, -0.05) is 0 Å². The van der Waals surface area contributed by atoms with E-state index in [1.807, 2.05) is 66.8 Å². The van der Waals surface area contributed by atoms with Gasteiger partial charge in [0.2, 0.25) is 0 Å². The van der Waals surface area contributed by atoms with Crippen LogP contribution in [0.3, 0.4) is 0 Å². The summed E-state index contributed by atoms with van der Waals surface area (Å²) < 4.78 is 11.3. The number of rotatable bonds is 6. The lowest BCUT2D eigenvalue weighted by Gasteiger charge is -2.12. The van der Waals surface area contributed by atoms with Gasteiger partial charge in [-0.05, 0) is 96.2 Å². The molecule has 0 atom stereocenters. The third-order valence-corrected chi connectivity index (χ3v) is 5.98. The first-order valence-corrected chi connectivity index (χ1v) is 11.0. The molecule has 6 nitrogen and oxygen atoms in total. The Labute approximate surface area is 187 Å². The van der Waals surface area contributed by atoms with Gasteiger partial charge < -0.3 is 14.6 Å². The Morgan fingerprint density at radius 1 is 1.24 bits per heavy atom. The number of phenols is 1. The summed E-state index contributed by atoms with van der Waals surface area (Å²) in [5.41, 5.74) is 1.53. The van der Waals surface area contributed by atoms with E-state index in [0.717, 1.165) is 17.0 Å². The highest BCUT2D eigenvalue weighted by Gasteiger charge is 2.32. The molecule has 0 bridgehead atoms. The van der Waals surface area contributed by atoms with Crippen molar-refractivity contribution in [1.82, 2.24) is 4.90 Å². The van der Waals surface area contributed by atoms with Crippen molar-refractivity contribution in [3.05, 3.63) is 50.4 Å². The van der Waals surface area contributed by atoms with Crippen LogP contribution in [0.25, 0.3) is 6.08 Å². The number of nitrogens with zero attached hydrogens (tertiary/aromatic N) is 2. The van der Waals surface area contributed by atoms with Crippen LogP contribution < -0.4 is 9.47 Å². The third kappa shape index (κ3) is 4.87. The second-order valence-corrected chi connectivity index (χ2v) is 8.21. The Bertz CT molecular complexity index is 973. The maximum Gasteiger partial charge on any atom is 0.266 e. The van der Waals surface area contributed by atoms with Crippen LogP contribution in [0.15, 0.2) is 46.3 Å². The van der Waals surface area contributed by atoms with Gasteiger partial charge in [0.25, 0.3) is 5.91 Å². The average molecular weight is 524 g/mol. The number of hydrogen-bond acceptors (Lipinski definition) is 6. The molecule has 0 saturated carbocycles. The Morgan fingerprint density at radius 2 is 1.97 bits per heavy atom. The molecule has 0 aromatic heterocycles. The predicted molar refractivity (Wildman–Crippen MR) is 125 cm³/mol. The number of phenolic OH excluding ortho intramolecular Hbond substituents is 1. The van der Waals surface area contributed by atoms with E-state index in [0.29, 0.717) is 32.5 Å². The molecular weight excluding hydrogens is 503 g/mol. The summed E-state index contributed by atoms with van der Waals surface area (Å²) in [6, 6.07) is 10.9. The number of methoxy groups -OCH3 is 1. The van der Waals surface area contributed by atoms with Crippen LogP contribution in [-0.2, 0) is 4.79 Å². The number of amides is 1. The SMILES string of the molecule is CCOc1cc(/C=C2/SC(=Nc3ccc(OC)cc3)N(CC)C2=O)cc(I)c1O. The largest absolute Gasteiger partial charge is 0.504 e. The summed E-state index contributed by atoms with van der Waals surface area (Å²) in [6.45, 7) is 4.74. The zero-order valence-corrected chi connectivity index (χ0v) is 19.3. The Balaban J connectivity index is 1.93. The molecule has 1 N–H and O–H groups in total. The van der Waals surface area contributed by atoms with E-state index in [-0.39, 0.29) is 11.7 Å². The van der Waals surface area contributed by atoms with Crippen molar-refractivity contribution in [3.63, 3.8) is 0 Å². The first-order chi connectivity index (χ1) is 14.0. The third-order valence-electron chi connectivity index (χ3n) is 4.15. The van der Waals surface area contributed by atoms with Crippen molar-refractivity contribution >= 4 is 57.2 Å². The lowest BCUT2D eigenvalue weighted by molar-refractivity contribution is -0.122. The summed E-state index contributed by atoms with van der Waals surface area (Å²) in [4.78, 5) is 19.7. The number of aromatic hydroxyl groups is 1. The molecular formula is C21H21IN2O4S. The molecule has 1 fully saturated rings. The van der Waals surface area contributed by atoms with Crippen molar-refractivity contribution < 1.29 is 19.4 Å². The number of amidine groups is 1. The molecule has 2 aromatic carbocycles. The number of thioether (sulfide) groups is 1. The van der Waals surface area contributed by atoms with E-state index in [2.05, 4.69) is 4.99 Å². The number of benzene rings is 2. The highest BCUT2D eigenvalue weighted by Crippen LogP contribution is 2.37. The van der Waals surface area contributed by atoms with Gasteiger partial charge in [0.1, 0.15) is 5.75 Å². The van der Waals surface area contributed by atoms with Gasteiger partial charge in [-0.3, -0.25) is 9.69 Å². The minimum atomic E-state index is -0.0918. The maximum atomic E-state index is 12.9. The van der Waals surface area contributed by atoms with Crippen LogP contribution in [0.4, 0.5) is 5.69 Å². The standard InChI is InChI=1S/C21H21IN2O4S/c1-4-24-20(26)18(12-13-10-16(22)19(25)17(11-13)28-5-2)29-21(24)23-14-6-8-15(27-3)9-7-14/h6-12,25H,4-5H2,1-3H3/b18-12+,23-21?.